The fourth-order valence-corrected chi connectivity index (χ4v) is 0.866. The quantitative estimate of drug-likeness (QED) is 0.590. The summed E-state index contributed by atoms with van der Waals surface area (Å²) in [5.74, 6) is -3.90. The maximum atomic E-state index is 12.8. The molecule has 16 heavy (non-hydrogen) atoms. The Morgan fingerprint density at radius 3 is 2.38 bits per heavy atom. The van der Waals surface area contributed by atoms with Gasteiger partial charge in [0.15, 0.2) is 0 Å². The lowest BCUT2D eigenvalue weighted by atomic mass is 10.5. The molecule has 1 heterocycles. The van der Waals surface area contributed by atoms with Crippen LogP contribution in [0.1, 0.15) is 0 Å². The first-order valence-electron chi connectivity index (χ1n) is 3.68. The van der Waals surface area contributed by atoms with E-state index in [4.69, 9.17) is 0 Å². The molecule has 1 aromatic rings. The standard InChI is InChI=1S/C7H3F5N2O2/c8-3-1-5(15)13-6(16)14(3)4(9)2-7(10,11)12/h1-2H,(H,13,15,16)/b4-2+. The third-order valence-electron chi connectivity index (χ3n) is 1.39. The third-order valence-corrected chi connectivity index (χ3v) is 1.39. The normalized spacial score (nSPS) is 12.9. The first-order valence-corrected chi connectivity index (χ1v) is 3.68. The molecule has 1 rings (SSSR count). The Morgan fingerprint density at radius 2 is 1.94 bits per heavy atom. The van der Waals surface area contributed by atoms with E-state index in [0.717, 1.165) is 0 Å². The second-order valence-electron chi connectivity index (χ2n) is 2.61. The Kier molecular flexibility index (Phi) is 2.97. The number of nitrogens with one attached hydrogen (secondary N) is 1. The van der Waals surface area contributed by atoms with Crippen molar-refractivity contribution in [3.05, 3.63) is 38.9 Å². The van der Waals surface area contributed by atoms with Crippen molar-refractivity contribution in [2.75, 3.05) is 0 Å². The van der Waals surface area contributed by atoms with Gasteiger partial charge in [0.25, 0.3) is 5.56 Å². The van der Waals surface area contributed by atoms with Gasteiger partial charge in [0.2, 0.25) is 11.9 Å². The van der Waals surface area contributed by atoms with Gasteiger partial charge in [0, 0.05) is 0 Å². The molecular formula is C7H3F5N2O2. The summed E-state index contributed by atoms with van der Waals surface area (Å²) in [6, 6.07) is 0.144. The van der Waals surface area contributed by atoms with Gasteiger partial charge in [-0.1, -0.05) is 0 Å². The number of H-pyrrole nitrogens is 1. The number of aromatic amines is 1. The molecule has 0 unspecified atom stereocenters. The smallest absolute Gasteiger partial charge is 0.273 e. The number of halogens is 5. The maximum absolute atomic E-state index is 12.8. The molecule has 0 bridgehead atoms. The fourth-order valence-electron chi connectivity index (χ4n) is 0.866. The molecule has 1 N–H and O–H groups in total. The molecule has 0 aliphatic heterocycles. The Morgan fingerprint density at radius 1 is 1.38 bits per heavy atom. The molecule has 0 aromatic carbocycles. The van der Waals surface area contributed by atoms with Crippen LogP contribution in [0.5, 0.6) is 0 Å². The van der Waals surface area contributed by atoms with E-state index in [1.165, 1.54) is 4.98 Å². The molecule has 88 valence electrons. The largest absolute Gasteiger partial charge is 0.414 e. The second-order valence-corrected chi connectivity index (χ2v) is 2.61. The molecule has 1 aromatic heterocycles. The van der Waals surface area contributed by atoms with E-state index in [9.17, 15) is 31.5 Å². The second kappa shape index (κ2) is 3.91. The molecule has 0 spiro atoms. The topological polar surface area (TPSA) is 54.9 Å². The number of alkyl halides is 3. The van der Waals surface area contributed by atoms with E-state index in [2.05, 4.69) is 0 Å². The van der Waals surface area contributed by atoms with Crippen LogP contribution >= 0.6 is 0 Å². The first kappa shape index (κ1) is 12.1. The van der Waals surface area contributed by atoms with Crippen molar-refractivity contribution >= 4 is 5.95 Å². The zero-order valence-electron chi connectivity index (χ0n) is 7.31. The van der Waals surface area contributed by atoms with Gasteiger partial charge in [0.05, 0.1) is 12.1 Å². The number of rotatable bonds is 1. The highest BCUT2D eigenvalue weighted by molar-refractivity contribution is 5.36. The summed E-state index contributed by atoms with van der Waals surface area (Å²) in [5.41, 5.74) is -2.82. The zero-order chi connectivity index (χ0) is 12.5. The molecule has 0 radical (unpaired) electrons. The Balaban J connectivity index is 3.41. The van der Waals surface area contributed by atoms with Crippen LogP contribution in [0.25, 0.3) is 5.95 Å². The average Bonchev–Trinajstić information content (AvgIpc) is 1.96. The third kappa shape index (κ3) is 2.78. The van der Waals surface area contributed by atoms with Crippen LogP contribution in [0.3, 0.4) is 0 Å². The van der Waals surface area contributed by atoms with Gasteiger partial charge < -0.3 is 0 Å². The minimum Gasteiger partial charge on any atom is -0.273 e. The van der Waals surface area contributed by atoms with Crippen LogP contribution < -0.4 is 11.2 Å². The van der Waals surface area contributed by atoms with Gasteiger partial charge in [-0.15, -0.1) is 0 Å². The molecule has 0 saturated carbocycles. The highest BCUT2D eigenvalue weighted by Gasteiger charge is 2.26. The van der Waals surface area contributed by atoms with Crippen LogP contribution in [-0.4, -0.2) is 15.7 Å². The van der Waals surface area contributed by atoms with Gasteiger partial charge >= 0.3 is 11.9 Å². The molecule has 0 amide bonds. The summed E-state index contributed by atoms with van der Waals surface area (Å²) in [4.78, 5) is 22.7. The van der Waals surface area contributed by atoms with Crippen molar-refractivity contribution in [3.63, 3.8) is 0 Å². The Labute approximate surface area is 83.6 Å². The first-order chi connectivity index (χ1) is 7.20. The molecule has 0 aliphatic carbocycles. The summed E-state index contributed by atoms with van der Waals surface area (Å²) in [6.07, 6.45) is -5.96. The highest BCUT2D eigenvalue weighted by Crippen LogP contribution is 2.20. The van der Waals surface area contributed by atoms with Gasteiger partial charge in [-0.3, -0.25) is 9.78 Å². The van der Waals surface area contributed by atoms with Crippen molar-refractivity contribution in [1.29, 1.82) is 0 Å². The van der Waals surface area contributed by atoms with E-state index in [1.54, 1.807) is 0 Å². The van der Waals surface area contributed by atoms with Crippen LogP contribution in [0.15, 0.2) is 21.7 Å². The minimum absolute atomic E-state index is 0.144. The molecule has 0 saturated heterocycles. The van der Waals surface area contributed by atoms with Crippen molar-refractivity contribution in [3.8, 4) is 0 Å². The zero-order valence-corrected chi connectivity index (χ0v) is 7.31. The highest BCUT2D eigenvalue weighted by atomic mass is 19.4. The summed E-state index contributed by atoms with van der Waals surface area (Å²) in [5, 5.41) is 0. The molecule has 9 heteroatoms. The summed E-state index contributed by atoms with van der Waals surface area (Å²) < 4.78 is 60.2. The fraction of sp³-hybridized carbons (Fsp3) is 0.143. The Hall–Kier alpha value is -1.93. The van der Waals surface area contributed by atoms with Crippen molar-refractivity contribution in [1.82, 2.24) is 9.55 Å². The minimum atomic E-state index is -5.05. The SMILES string of the molecule is O=c1cc(F)n(/C(F)=C/C(F)(F)F)c(=O)[nH]1. The van der Waals surface area contributed by atoms with Gasteiger partial charge in [-0.2, -0.15) is 22.0 Å². The summed E-state index contributed by atoms with van der Waals surface area (Å²) >= 11 is 0. The number of nitrogens with zero attached hydrogens (tertiary/aromatic N) is 1. The predicted octanol–water partition coefficient (Wildman–Crippen LogP) is 1.01. The lowest BCUT2D eigenvalue weighted by Gasteiger charge is -2.04. The lowest BCUT2D eigenvalue weighted by molar-refractivity contribution is -0.0801. The molecule has 4 nitrogen and oxygen atoms in total. The van der Waals surface area contributed by atoms with E-state index in [1.807, 2.05) is 0 Å². The lowest BCUT2D eigenvalue weighted by Crippen LogP contribution is -2.30. The number of allylic oxidation sites excluding steroid dienone is 1. The predicted molar refractivity (Wildman–Crippen MR) is 42.7 cm³/mol. The Bertz CT molecular complexity index is 539. The molecule has 0 atom stereocenters. The molecule has 0 fully saturated rings. The summed E-state index contributed by atoms with van der Waals surface area (Å²) in [6.45, 7) is 0. The van der Waals surface area contributed by atoms with Crippen LogP contribution in [-0.2, 0) is 0 Å². The van der Waals surface area contributed by atoms with E-state index in [-0.39, 0.29) is 6.07 Å². The average molecular weight is 242 g/mol. The summed E-state index contributed by atoms with van der Waals surface area (Å²) in [7, 11) is 0. The van der Waals surface area contributed by atoms with Crippen LogP contribution in [0, 0.1) is 5.95 Å². The van der Waals surface area contributed by atoms with Gasteiger partial charge in [0.1, 0.15) is 0 Å². The maximum Gasteiger partial charge on any atom is 0.414 e. The molecule has 0 aliphatic rings. The monoisotopic (exact) mass is 242 g/mol. The van der Waals surface area contributed by atoms with E-state index < -0.39 is 40.0 Å². The number of aromatic nitrogens is 2. The van der Waals surface area contributed by atoms with Crippen LogP contribution in [0.4, 0.5) is 22.0 Å². The van der Waals surface area contributed by atoms with Gasteiger partial charge in [-0.25, -0.2) is 9.36 Å². The number of hydrogen-bond donors (Lipinski definition) is 1. The van der Waals surface area contributed by atoms with E-state index in [0.29, 0.717) is 0 Å². The molecular weight excluding hydrogens is 239 g/mol. The van der Waals surface area contributed by atoms with Gasteiger partial charge in [-0.05, 0) is 0 Å². The van der Waals surface area contributed by atoms with Crippen molar-refractivity contribution in [2.45, 2.75) is 6.18 Å². The number of hydrogen-bond acceptors (Lipinski definition) is 2. The van der Waals surface area contributed by atoms with E-state index >= 15 is 0 Å². The van der Waals surface area contributed by atoms with Crippen molar-refractivity contribution < 1.29 is 22.0 Å². The van der Waals surface area contributed by atoms with Crippen LogP contribution in [0.2, 0.25) is 0 Å². The van der Waals surface area contributed by atoms with Crippen molar-refractivity contribution in [2.24, 2.45) is 0 Å².